The zero-order chi connectivity index (χ0) is 35.6. The molecule has 0 aromatic carbocycles. The van der Waals surface area contributed by atoms with Crippen molar-refractivity contribution in [2.45, 2.75) is 117 Å². The SMILES string of the molecule is CC(=O)NC1C(OC(C)=O)[C@H](O[C@@H]2OC(COC(C)=O)[C@H](OC(C)=O)C(OC(C)=O)C2OC(C)=O)C(COC(C)=O)O[C@H]1OC(C)=O. The number of esters is 7. The van der Waals surface area contributed by atoms with E-state index in [-0.39, 0.29) is 0 Å². The highest BCUT2D eigenvalue weighted by molar-refractivity contribution is 5.74. The van der Waals surface area contributed by atoms with E-state index in [4.69, 9.17) is 47.4 Å². The van der Waals surface area contributed by atoms with Crippen LogP contribution in [0.25, 0.3) is 0 Å². The highest BCUT2D eigenvalue weighted by Gasteiger charge is 2.57. The Morgan fingerprint density at radius 3 is 1.32 bits per heavy atom. The molecule has 0 radical (unpaired) electrons. The van der Waals surface area contributed by atoms with E-state index >= 15 is 0 Å². The smallest absolute Gasteiger partial charge is 0.305 e. The fourth-order valence-corrected chi connectivity index (χ4v) is 4.84. The van der Waals surface area contributed by atoms with Crippen LogP contribution >= 0.6 is 0 Å². The van der Waals surface area contributed by atoms with Gasteiger partial charge in [-0.3, -0.25) is 38.4 Å². The van der Waals surface area contributed by atoms with E-state index in [1.807, 2.05) is 0 Å². The van der Waals surface area contributed by atoms with Crippen molar-refractivity contribution < 1.29 is 85.7 Å². The Morgan fingerprint density at radius 1 is 0.468 bits per heavy atom. The molecule has 1 N–H and O–H groups in total. The highest BCUT2D eigenvalue weighted by Crippen LogP contribution is 2.34. The molecule has 1 amide bonds. The molecule has 2 rings (SSSR count). The molecule has 0 spiro atoms. The molecule has 264 valence electrons. The number of hydrogen-bond acceptors (Lipinski definition) is 18. The Labute approximate surface area is 269 Å². The van der Waals surface area contributed by atoms with Gasteiger partial charge in [0.15, 0.2) is 30.7 Å². The number of hydrogen-bond donors (Lipinski definition) is 1. The lowest BCUT2D eigenvalue weighted by Crippen LogP contribution is -2.69. The molecule has 0 aromatic heterocycles. The van der Waals surface area contributed by atoms with Gasteiger partial charge in [0.2, 0.25) is 12.2 Å². The van der Waals surface area contributed by atoms with Crippen LogP contribution in [0.3, 0.4) is 0 Å². The summed E-state index contributed by atoms with van der Waals surface area (Å²) in [6.07, 6.45) is -14.2. The molecule has 0 bridgehead atoms. The molecular formula is C28H39NO18. The second-order valence-corrected chi connectivity index (χ2v) is 10.4. The largest absolute Gasteiger partial charge is 0.463 e. The van der Waals surface area contributed by atoms with Gasteiger partial charge in [0.25, 0.3) is 0 Å². The van der Waals surface area contributed by atoms with Gasteiger partial charge in [-0.1, -0.05) is 0 Å². The normalized spacial score (nSPS) is 30.0. The van der Waals surface area contributed by atoms with Crippen molar-refractivity contribution in [3.05, 3.63) is 0 Å². The maximum Gasteiger partial charge on any atom is 0.305 e. The van der Waals surface area contributed by atoms with Gasteiger partial charge in [-0.25, -0.2) is 0 Å². The Kier molecular flexibility index (Phi) is 14.5. The second kappa shape index (κ2) is 17.5. The van der Waals surface area contributed by atoms with E-state index in [1.54, 1.807) is 0 Å². The topological polar surface area (TPSA) is 241 Å². The van der Waals surface area contributed by atoms with Crippen molar-refractivity contribution in [1.29, 1.82) is 0 Å². The monoisotopic (exact) mass is 677 g/mol. The van der Waals surface area contributed by atoms with E-state index in [9.17, 15) is 38.4 Å². The maximum atomic E-state index is 12.3. The molecule has 19 nitrogen and oxygen atoms in total. The van der Waals surface area contributed by atoms with Crippen LogP contribution in [0.5, 0.6) is 0 Å². The minimum absolute atomic E-state index is 0.577. The first-order valence-corrected chi connectivity index (χ1v) is 14.3. The standard InChI is InChI=1S/C28H39NO18/c1-11(30)29-21-24(41-15(5)34)22(19(9-38-12(2)31)45-27(21)44-18(8)37)47-28-26(43-17(7)36)25(42-16(6)35)23(40-14(4)33)20(46-28)10-39-13(3)32/h19-28H,9-10H2,1-8H3,(H,29,30)/t19?,20?,21?,22-,23+,24?,25?,26?,27-,28+/m1/s1. The molecule has 2 heterocycles. The average molecular weight is 678 g/mol. The predicted molar refractivity (Wildman–Crippen MR) is 147 cm³/mol. The zero-order valence-electron chi connectivity index (χ0n) is 27.0. The third kappa shape index (κ3) is 12.1. The van der Waals surface area contributed by atoms with Crippen LogP contribution in [-0.4, -0.2) is 122 Å². The van der Waals surface area contributed by atoms with Gasteiger partial charge in [0.1, 0.15) is 37.6 Å². The van der Waals surface area contributed by atoms with Crippen LogP contribution in [0.4, 0.5) is 0 Å². The third-order valence-electron chi connectivity index (χ3n) is 6.29. The van der Waals surface area contributed by atoms with Crippen LogP contribution in [0.15, 0.2) is 0 Å². The van der Waals surface area contributed by atoms with Crippen molar-refractivity contribution in [3.63, 3.8) is 0 Å². The lowest BCUT2D eigenvalue weighted by Gasteiger charge is -2.48. The van der Waals surface area contributed by atoms with Crippen LogP contribution in [0.2, 0.25) is 0 Å². The molecule has 0 saturated carbocycles. The molecule has 2 aliphatic rings. The van der Waals surface area contributed by atoms with Gasteiger partial charge in [-0.2, -0.15) is 0 Å². The van der Waals surface area contributed by atoms with Gasteiger partial charge in [-0.05, 0) is 0 Å². The van der Waals surface area contributed by atoms with E-state index in [0.29, 0.717) is 0 Å². The maximum absolute atomic E-state index is 12.3. The minimum Gasteiger partial charge on any atom is -0.463 e. The summed E-state index contributed by atoms with van der Waals surface area (Å²) in [5.74, 6) is -6.64. The molecule has 0 aromatic rings. The van der Waals surface area contributed by atoms with Crippen molar-refractivity contribution in [1.82, 2.24) is 5.32 Å². The van der Waals surface area contributed by atoms with Crippen molar-refractivity contribution >= 4 is 47.7 Å². The van der Waals surface area contributed by atoms with Crippen LogP contribution in [0.1, 0.15) is 55.4 Å². The number of amides is 1. The number of ether oxygens (including phenoxy) is 10. The molecular weight excluding hydrogens is 638 g/mol. The molecule has 2 saturated heterocycles. The van der Waals surface area contributed by atoms with E-state index < -0.39 is 122 Å². The van der Waals surface area contributed by atoms with E-state index in [0.717, 1.165) is 55.4 Å². The van der Waals surface area contributed by atoms with E-state index in [1.165, 1.54) is 0 Å². The van der Waals surface area contributed by atoms with Crippen molar-refractivity contribution in [2.75, 3.05) is 13.2 Å². The number of carbonyl (C=O) groups excluding carboxylic acids is 8. The minimum atomic E-state index is -1.80. The summed E-state index contributed by atoms with van der Waals surface area (Å²) in [6, 6.07) is -1.43. The first kappa shape index (κ1) is 38.8. The van der Waals surface area contributed by atoms with Gasteiger partial charge >= 0.3 is 41.8 Å². The summed E-state index contributed by atoms with van der Waals surface area (Å²) in [5, 5.41) is 2.48. The van der Waals surface area contributed by atoms with Gasteiger partial charge in [-0.15, -0.1) is 0 Å². The summed E-state index contributed by atoms with van der Waals surface area (Å²) in [7, 11) is 0. The fraction of sp³-hybridized carbons (Fsp3) is 0.714. The summed E-state index contributed by atoms with van der Waals surface area (Å²) >= 11 is 0. The Bertz CT molecular complexity index is 1200. The highest BCUT2D eigenvalue weighted by atomic mass is 16.8. The Balaban J connectivity index is 2.73. The molecule has 19 heteroatoms. The van der Waals surface area contributed by atoms with Gasteiger partial charge < -0.3 is 52.7 Å². The third-order valence-corrected chi connectivity index (χ3v) is 6.29. The van der Waals surface area contributed by atoms with Crippen LogP contribution in [-0.2, 0) is 85.7 Å². The number of carbonyl (C=O) groups is 8. The van der Waals surface area contributed by atoms with Crippen molar-refractivity contribution in [3.8, 4) is 0 Å². The average Bonchev–Trinajstić information content (AvgIpc) is 2.91. The van der Waals surface area contributed by atoms with Crippen LogP contribution < -0.4 is 5.32 Å². The predicted octanol–water partition coefficient (Wildman–Crippen LogP) is -1.26. The first-order valence-electron chi connectivity index (χ1n) is 14.3. The summed E-state index contributed by atoms with van der Waals surface area (Å²) in [4.78, 5) is 96.5. The first-order chi connectivity index (χ1) is 21.9. The molecule has 6 unspecified atom stereocenters. The molecule has 2 aliphatic heterocycles. The van der Waals surface area contributed by atoms with Crippen LogP contribution in [0, 0.1) is 0 Å². The lowest BCUT2D eigenvalue weighted by molar-refractivity contribution is -0.348. The summed E-state index contributed by atoms with van der Waals surface area (Å²) in [5.41, 5.74) is 0. The lowest BCUT2D eigenvalue weighted by atomic mass is 9.94. The quantitative estimate of drug-likeness (QED) is 0.187. The van der Waals surface area contributed by atoms with Crippen molar-refractivity contribution in [2.24, 2.45) is 0 Å². The summed E-state index contributed by atoms with van der Waals surface area (Å²) in [6.45, 7) is 7.30. The molecule has 2 fully saturated rings. The zero-order valence-corrected chi connectivity index (χ0v) is 27.0. The molecule has 10 atom stereocenters. The Morgan fingerprint density at radius 2 is 0.872 bits per heavy atom. The Hall–Kier alpha value is -4.36. The summed E-state index contributed by atoms with van der Waals surface area (Å²) < 4.78 is 55.2. The van der Waals surface area contributed by atoms with Gasteiger partial charge in [0.05, 0.1) is 0 Å². The number of rotatable bonds is 12. The van der Waals surface area contributed by atoms with E-state index in [2.05, 4.69) is 5.32 Å². The molecule has 47 heavy (non-hydrogen) atoms. The van der Waals surface area contributed by atoms with Gasteiger partial charge in [0, 0.05) is 55.4 Å². The second-order valence-electron chi connectivity index (χ2n) is 10.4. The molecule has 0 aliphatic carbocycles. The fourth-order valence-electron chi connectivity index (χ4n) is 4.84. The number of nitrogens with one attached hydrogen (secondary N) is 1.